The Morgan fingerprint density at radius 3 is 2.76 bits per heavy atom. The summed E-state index contributed by atoms with van der Waals surface area (Å²) in [4.78, 5) is 0.852. The summed E-state index contributed by atoms with van der Waals surface area (Å²) in [7, 11) is 0. The molecule has 1 atom stereocenters. The zero-order valence-corrected chi connectivity index (χ0v) is 14.2. The van der Waals surface area contributed by atoms with Crippen molar-refractivity contribution in [1.29, 1.82) is 0 Å². The number of thiophene rings is 1. The highest BCUT2D eigenvalue weighted by atomic mass is 127. The highest BCUT2D eigenvalue weighted by Gasteiger charge is 2.18. The highest BCUT2D eigenvalue weighted by molar-refractivity contribution is 14.1. The molecule has 1 nitrogen and oxygen atoms in total. The molecule has 0 saturated carbocycles. The molecule has 1 N–H and O–H groups in total. The second kappa shape index (κ2) is 5.57. The Morgan fingerprint density at radius 2 is 2.18 bits per heavy atom. The SMILES string of the molecule is Cc1cccc(C(O)c2cc(Br)c(Cl)s2)c1I. The van der Waals surface area contributed by atoms with Gasteiger partial charge in [0.2, 0.25) is 0 Å². The average Bonchev–Trinajstić information content (AvgIpc) is 2.62. The Labute approximate surface area is 131 Å². The van der Waals surface area contributed by atoms with Crippen molar-refractivity contribution in [3.05, 3.63) is 52.6 Å². The van der Waals surface area contributed by atoms with Crippen molar-refractivity contribution < 1.29 is 5.11 Å². The molecule has 0 aliphatic carbocycles. The Hall–Kier alpha value is 0.380. The van der Waals surface area contributed by atoms with E-state index in [4.69, 9.17) is 11.6 Å². The summed E-state index contributed by atoms with van der Waals surface area (Å²) < 4.78 is 2.60. The number of aliphatic hydroxyl groups is 1. The summed E-state index contributed by atoms with van der Waals surface area (Å²) >= 11 is 13.0. The quantitative estimate of drug-likeness (QED) is 0.636. The van der Waals surface area contributed by atoms with Crippen molar-refractivity contribution in [1.82, 2.24) is 0 Å². The summed E-state index contributed by atoms with van der Waals surface area (Å²) in [5.41, 5.74) is 2.10. The molecule has 2 rings (SSSR count). The lowest BCUT2D eigenvalue weighted by Gasteiger charge is -2.12. The van der Waals surface area contributed by atoms with E-state index in [1.165, 1.54) is 16.9 Å². The number of hydrogen-bond acceptors (Lipinski definition) is 2. The van der Waals surface area contributed by atoms with Crippen LogP contribution in [-0.2, 0) is 0 Å². The van der Waals surface area contributed by atoms with Gasteiger partial charge in [0, 0.05) is 12.9 Å². The molecule has 0 bridgehead atoms. The predicted molar refractivity (Wildman–Crippen MR) is 85.0 cm³/mol. The molecule has 1 heterocycles. The molecule has 0 radical (unpaired) electrons. The third-order valence-electron chi connectivity index (χ3n) is 2.45. The van der Waals surface area contributed by atoms with Crippen LogP contribution >= 0.6 is 61.5 Å². The zero-order valence-electron chi connectivity index (χ0n) is 8.88. The lowest BCUT2D eigenvalue weighted by Crippen LogP contribution is -2.01. The van der Waals surface area contributed by atoms with Crippen LogP contribution in [0.2, 0.25) is 4.34 Å². The van der Waals surface area contributed by atoms with E-state index in [1.807, 2.05) is 31.2 Å². The second-order valence-corrected chi connectivity index (χ2v) is 7.27. The van der Waals surface area contributed by atoms with E-state index in [2.05, 4.69) is 38.5 Å². The fourth-order valence-corrected chi connectivity index (χ4v) is 3.93. The minimum atomic E-state index is -0.615. The molecule has 5 heteroatoms. The van der Waals surface area contributed by atoms with Gasteiger partial charge >= 0.3 is 0 Å². The number of aliphatic hydroxyl groups excluding tert-OH is 1. The number of benzene rings is 1. The van der Waals surface area contributed by atoms with E-state index in [1.54, 1.807) is 0 Å². The van der Waals surface area contributed by atoms with Gasteiger partial charge in [-0.3, -0.25) is 0 Å². The van der Waals surface area contributed by atoms with Crippen LogP contribution in [0, 0.1) is 10.5 Å². The standard InChI is InChI=1S/C12H9BrClIOS/c1-6-3-2-4-7(10(6)15)11(16)9-5-8(13)12(14)17-9/h2-5,11,16H,1H3. The third kappa shape index (κ3) is 2.87. The first-order valence-corrected chi connectivity index (χ1v) is 7.95. The summed E-state index contributed by atoms with van der Waals surface area (Å²) in [5.74, 6) is 0. The molecule has 1 aromatic heterocycles. The maximum atomic E-state index is 10.4. The first-order chi connectivity index (χ1) is 8.00. The van der Waals surface area contributed by atoms with Gasteiger partial charge < -0.3 is 5.11 Å². The molecule has 0 spiro atoms. The van der Waals surface area contributed by atoms with E-state index in [-0.39, 0.29) is 0 Å². The minimum absolute atomic E-state index is 0.615. The van der Waals surface area contributed by atoms with Gasteiger partial charge in [0.1, 0.15) is 10.4 Å². The fourth-order valence-electron chi connectivity index (χ4n) is 1.53. The Kier molecular flexibility index (Phi) is 4.52. The predicted octanol–water partition coefficient (Wildman–Crippen LogP) is 5.16. The van der Waals surface area contributed by atoms with Gasteiger partial charge in [-0.2, -0.15) is 0 Å². The molecule has 90 valence electrons. The third-order valence-corrected chi connectivity index (χ3v) is 6.45. The smallest absolute Gasteiger partial charge is 0.114 e. The largest absolute Gasteiger partial charge is 0.383 e. The van der Waals surface area contributed by atoms with Crippen LogP contribution in [0.15, 0.2) is 28.7 Å². The monoisotopic (exact) mass is 442 g/mol. The molecule has 17 heavy (non-hydrogen) atoms. The van der Waals surface area contributed by atoms with Crippen molar-refractivity contribution in [2.24, 2.45) is 0 Å². The lowest BCUT2D eigenvalue weighted by molar-refractivity contribution is 0.223. The maximum absolute atomic E-state index is 10.4. The fraction of sp³-hybridized carbons (Fsp3) is 0.167. The molecule has 0 fully saturated rings. The lowest BCUT2D eigenvalue weighted by atomic mass is 10.1. The van der Waals surface area contributed by atoms with Crippen LogP contribution in [0.25, 0.3) is 0 Å². The van der Waals surface area contributed by atoms with Crippen LogP contribution in [-0.4, -0.2) is 5.11 Å². The molecule has 0 aliphatic heterocycles. The van der Waals surface area contributed by atoms with Crippen LogP contribution in [0.1, 0.15) is 22.1 Å². The van der Waals surface area contributed by atoms with Crippen LogP contribution in [0.5, 0.6) is 0 Å². The Morgan fingerprint density at radius 1 is 1.47 bits per heavy atom. The summed E-state index contributed by atoms with van der Waals surface area (Å²) in [5, 5.41) is 10.4. The van der Waals surface area contributed by atoms with Crippen LogP contribution in [0.4, 0.5) is 0 Å². The molecule has 1 unspecified atom stereocenters. The van der Waals surface area contributed by atoms with E-state index < -0.39 is 6.10 Å². The normalized spacial score (nSPS) is 12.8. The highest BCUT2D eigenvalue weighted by Crippen LogP contribution is 2.38. The van der Waals surface area contributed by atoms with Crippen molar-refractivity contribution in [3.8, 4) is 0 Å². The van der Waals surface area contributed by atoms with Gasteiger partial charge in [-0.25, -0.2) is 0 Å². The number of hydrogen-bond donors (Lipinski definition) is 1. The summed E-state index contributed by atoms with van der Waals surface area (Å²) in [6, 6.07) is 7.81. The Bertz CT molecular complexity index is 536. The van der Waals surface area contributed by atoms with E-state index in [0.29, 0.717) is 4.34 Å². The first-order valence-electron chi connectivity index (χ1n) is 4.88. The van der Waals surface area contributed by atoms with Gasteiger partial charge in [-0.15, -0.1) is 11.3 Å². The van der Waals surface area contributed by atoms with E-state index in [0.717, 1.165) is 18.5 Å². The second-order valence-electron chi connectivity index (χ2n) is 3.65. The molecule has 0 saturated heterocycles. The average molecular weight is 444 g/mol. The number of aryl methyl sites for hydroxylation is 1. The van der Waals surface area contributed by atoms with Crippen LogP contribution < -0.4 is 0 Å². The molecule has 2 aromatic rings. The number of halogens is 3. The van der Waals surface area contributed by atoms with Crippen molar-refractivity contribution in [2.75, 3.05) is 0 Å². The summed E-state index contributed by atoms with van der Waals surface area (Å²) in [6.45, 7) is 2.04. The molecular weight excluding hydrogens is 434 g/mol. The van der Waals surface area contributed by atoms with Crippen molar-refractivity contribution in [3.63, 3.8) is 0 Å². The zero-order chi connectivity index (χ0) is 12.6. The van der Waals surface area contributed by atoms with Gasteiger partial charge in [-0.1, -0.05) is 29.8 Å². The molecular formula is C12H9BrClIOS. The Balaban J connectivity index is 2.43. The van der Waals surface area contributed by atoms with E-state index in [9.17, 15) is 5.11 Å². The number of rotatable bonds is 2. The molecule has 0 amide bonds. The van der Waals surface area contributed by atoms with Gasteiger partial charge in [0.05, 0.1) is 0 Å². The molecule has 0 aliphatic rings. The topological polar surface area (TPSA) is 20.2 Å². The van der Waals surface area contributed by atoms with Gasteiger partial charge in [0.15, 0.2) is 0 Å². The maximum Gasteiger partial charge on any atom is 0.114 e. The first kappa shape index (κ1) is 13.8. The molecule has 1 aromatic carbocycles. The van der Waals surface area contributed by atoms with Crippen LogP contribution in [0.3, 0.4) is 0 Å². The van der Waals surface area contributed by atoms with Crippen molar-refractivity contribution >= 4 is 61.5 Å². The summed E-state index contributed by atoms with van der Waals surface area (Å²) in [6.07, 6.45) is -0.615. The minimum Gasteiger partial charge on any atom is -0.383 e. The van der Waals surface area contributed by atoms with E-state index >= 15 is 0 Å². The van der Waals surface area contributed by atoms with Gasteiger partial charge in [-0.05, 0) is 62.6 Å². The van der Waals surface area contributed by atoms with Crippen molar-refractivity contribution in [2.45, 2.75) is 13.0 Å². The van der Waals surface area contributed by atoms with Gasteiger partial charge in [0.25, 0.3) is 0 Å².